The monoisotopic (exact) mass is 475 g/mol. The molecule has 3 aromatic carbocycles. The summed E-state index contributed by atoms with van der Waals surface area (Å²) < 4.78 is 17.5. The minimum atomic E-state index is -0.826. The number of fused-ring (bicyclic) bond motifs is 1. The lowest BCUT2D eigenvalue weighted by Gasteiger charge is -2.11. The third kappa shape index (κ3) is 6.76. The summed E-state index contributed by atoms with van der Waals surface area (Å²) in [6, 6.07) is 23.1. The Morgan fingerprint density at radius 1 is 1.03 bits per heavy atom. The highest BCUT2D eigenvalue weighted by Crippen LogP contribution is 2.38. The van der Waals surface area contributed by atoms with Crippen LogP contribution in [0.1, 0.15) is 42.4 Å². The number of hydrogen-bond donors (Lipinski definition) is 1. The van der Waals surface area contributed by atoms with Gasteiger partial charge in [-0.3, -0.25) is 4.79 Å². The van der Waals surface area contributed by atoms with Crippen molar-refractivity contribution >= 4 is 11.7 Å². The van der Waals surface area contributed by atoms with Gasteiger partial charge in [0.05, 0.1) is 13.0 Å². The number of oxime groups is 1. The lowest BCUT2D eigenvalue weighted by atomic mass is 9.98. The van der Waals surface area contributed by atoms with E-state index in [1.807, 2.05) is 79.7 Å². The third-order valence-electron chi connectivity index (χ3n) is 5.57. The Balaban J connectivity index is 1.31. The summed E-state index contributed by atoms with van der Waals surface area (Å²) in [5.41, 5.74) is 3.60. The Kier molecular flexibility index (Phi) is 8.22. The number of nitrogens with zero attached hydrogens (tertiary/aromatic N) is 1. The molecule has 182 valence electrons. The van der Waals surface area contributed by atoms with E-state index in [0.717, 1.165) is 34.6 Å². The molecule has 1 unspecified atom stereocenters. The van der Waals surface area contributed by atoms with Gasteiger partial charge in [-0.2, -0.15) is 0 Å². The highest BCUT2D eigenvalue weighted by Gasteiger charge is 2.26. The van der Waals surface area contributed by atoms with Crippen molar-refractivity contribution in [1.29, 1.82) is 0 Å². The van der Waals surface area contributed by atoms with Gasteiger partial charge >= 0.3 is 5.97 Å². The molecule has 0 aliphatic carbocycles. The van der Waals surface area contributed by atoms with Crippen molar-refractivity contribution in [3.05, 3.63) is 89.5 Å². The van der Waals surface area contributed by atoms with E-state index in [-0.39, 0.29) is 12.3 Å². The maximum absolute atomic E-state index is 11.0. The normalized spacial score (nSPS) is 14.7. The van der Waals surface area contributed by atoms with Gasteiger partial charge in [-0.25, -0.2) is 0 Å². The zero-order chi connectivity index (χ0) is 24.5. The van der Waals surface area contributed by atoms with E-state index >= 15 is 0 Å². The fraction of sp³-hybridized carbons (Fsp3) is 0.286. The van der Waals surface area contributed by atoms with E-state index in [9.17, 15) is 4.79 Å². The molecule has 1 atom stereocenters. The van der Waals surface area contributed by atoms with Crippen LogP contribution >= 0.6 is 0 Å². The third-order valence-corrected chi connectivity index (χ3v) is 5.57. The number of hydrogen-bond acceptors (Lipinski definition) is 6. The molecule has 0 saturated heterocycles. The summed E-state index contributed by atoms with van der Waals surface area (Å²) in [7, 11) is 0. The van der Waals surface area contributed by atoms with Crippen LogP contribution in [0.15, 0.2) is 78.0 Å². The van der Waals surface area contributed by atoms with Gasteiger partial charge in [0.25, 0.3) is 0 Å². The topological polar surface area (TPSA) is 86.6 Å². The van der Waals surface area contributed by atoms with E-state index in [1.165, 1.54) is 0 Å². The molecule has 35 heavy (non-hydrogen) atoms. The average Bonchev–Trinajstić information content (AvgIpc) is 3.27. The lowest BCUT2D eigenvalue weighted by molar-refractivity contribution is -0.137. The second-order valence-corrected chi connectivity index (χ2v) is 8.26. The van der Waals surface area contributed by atoms with Gasteiger partial charge < -0.3 is 24.2 Å². The van der Waals surface area contributed by atoms with Crippen molar-refractivity contribution in [2.24, 2.45) is 5.16 Å². The maximum atomic E-state index is 11.0. The first-order valence-corrected chi connectivity index (χ1v) is 11.7. The number of carbonyl (C=O) groups is 1. The van der Waals surface area contributed by atoms with Gasteiger partial charge in [0.15, 0.2) is 0 Å². The van der Waals surface area contributed by atoms with Crippen LogP contribution in [0.5, 0.6) is 17.2 Å². The highest BCUT2D eigenvalue weighted by molar-refractivity contribution is 6.01. The Labute approximate surface area is 204 Å². The van der Waals surface area contributed by atoms with Gasteiger partial charge in [-0.05, 0) is 30.2 Å². The number of carboxylic acid groups (broad SMARTS) is 1. The average molecular weight is 476 g/mol. The smallest absolute Gasteiger partial charge is 0.304 e. The van der Waals surface area contributed by atoms with Crippen LogP contribution in [0.4, 0.5) is 0 Å². The molecule has 7 heteroatoms. The molecule has 0 fully saturated rings. The molecule has 0 amide bonds. The summed E-state index contributed by atoms with van der Waals surface area (Å²) in [5.74, 6) is 1.15. The molecule has 0 radical (unpaired) electrons. The van der Waals surface area contributed by atoms with E-state index in [4.69, 9.17) is 24.2 Å². The predicted octanol–water partition coefficient (Wildman–Crippen LogP) is 5.43. The van der Waals surface area contributed by atoms with Crippen LogP contribution in [0.2, 0.25) is 0 Å². The van der Waals surface area contributed by atoms with Crippen molar-refractivity contribution in [2.75, 3.05) is 19.8 Å². The Morgan fingerprint density at radius 2 is 1.80 bits per heavy atom. The van der Waals surface area contributed by atoms with Crippen LogP contribution in [0, 0.1) is 0 Å². The van der Waals surface area contributed by atoms with E-state index in [2.05, 4.69) is 5.16 Å². The van der Waals surface area contributed by atoms with Gasteiger partial charge in [0, 0.05) is 23.1 Å². The van der Waals surface area contributed by atoms with E-state index in [0.29, 0.717) is 37.9 Å². The van der Waals surface area contributed by atoms with Crippen LogP contribution in [-0.4, -0.2) is 36.6 Å². The fourth-order valence-electron chi connectivity index (χ4n) is 3.73. The summed E-state index contributed by atoms with van der Waals surface area (Å²) >= 11 is 0. The summed E-state index contributed by atoms with van der Waals surface area (Å²) in [5, 5.41) is 13.3. The van der Waals surface area contributed by atoms with Crippen LogP contribution in [0.25, 0.3) is 0 Å². The molecule has 7 nitrogen and oxygen atoms in total. The van der Waals surface area contributed by atoms with Crippen molar-refractivity contribution in [1.82, 2.24) is 0 Å². The first kappa shape index (κ1) is 24.1. The number of aliphatic carboxylic acids is 1. The summed E-state index contributed by atoms with van der Waals surface area (Å²) in [6.07, 6.45) is 0.950. The fourth-order valence-corrected chi connectivity index (χ4v) is 3.73. The SMILES string of the molecule is CCCON=C(COc1ccc(COc2ccc3c(c2)OCC3CC(=O)O)cc1)c1ccccc1. The summed E-state index contributed by atoms with van der Waals surface area (Å²) in [6.45, 7) is 3.66. The molecule has 0 bridgehead atoms. The van der Waals surface area contributed by atoms with E-state index < -0.39 is 5.97 Å². The second-order valence-electron chi connectivity index (χ2n) is 8.26. The minimum Gasteiger partial charge on any atom is -0.492 e. The van der Waals surface area contributed by atoms with Crippen LogP contribution in [-0.2, 0) is 16.2 Å². The van der Waals surface area contributed by atoms with Crippen molar-refractivity contribution in [3.63, 3.8) is 0 Å². The van der Waals surface area contributed by atoms with Gasteiger partial charge in [0.2, 0.25) is 0 Å². The molecule has 3 aromatic rings. The number of ether oxygens (including phenoxy) is 3. The van der Waals surface area contributed by atoms with Gasteiger partial charge in [-0.1, -0.05) is 60.6 Å². The maximum Gasteiger partial charge on any atom is 0.304 e. The van der Waals surface area contributed by atoms with Crippen LogP contribution in [0.3, 0.4) is 0 Å². The highest BCUT2D eigenvalue weighted by atomic mass is 16.6. The largest absolute Gasteiger partial charge is 0.492 e. The first-order chi connectivity index (χ1) is 17.1. The van der Waals surface area contributed by atoms with E-state index in [1.54, 1.807) is 0 Å². The lowest BCUT2D eigenvalue weighted by Crippen LogP contribution is -2.14. The Bertz CT molecular complexity index is 1140. The predicted molar refractivity (Wildman–Crippen MR) is 132 cm³/mol. The Hall–Kier alpha value is -4.00. The van der Waals surface area contributed by atoms with Gasteiger partial charge in [0.1, 0.15) is 42.8 Å². The molecule has 0 aromatic heterocycles. The number of benzene rings is 3. The van der Waals surface area contributed by atoms with Crippen molar-refractivity contribution in [3.8, 4) is 17.2 Å². The number of carboxylic acids is 1. The number of rotatable bonds is 12. The molecule has 4 rings (SSSR count). The molecule has 1 aliphatic rings. The Morgan fingerprint density at radius 3 is 2.54 bits per heavy atom. The quantitative estimate of drug-likeness (QED) is 0.214. The standard InChI is InChI=1S/C28H29NO6/c1-2-14-35-29-26(21-6-4-3-5-7-21)19-33-23-10-8-20(9-11-23)17-32-24-12-13-25-22(15-28(30)31)18-34-27(25)16-24/h3-13,16,22H,2,14-15,17-19H2,1H3,(H,30,31). The van der Waals surface area contributed by atoms with Crippen LogP contribution < -0.4 is 14.2 Å². The molecule has 0 spiro atoms. The summed E-state index contributed by atoms with van der Waals surface area (Å²) in [4.78, 5) is 16.4. The first-order valence-electron chi connectivity index (χ1n) is 11.7. The zero-order valence-corrected chi connectivity index (χ0v) is 19.7. The molecular weight excluding hydrogens is 446 g/mol. The molecule has 1 aliphatic heterocycles. The van der Waals surface area contributed by atoms with Crippen molar-refractivity contribution < 1.29 is 28.9 Å². The van der Waals surface area contributed by atoms with Gasteiger partial charge in [-0.15, -0.1) is 0 Å². The molecule has 0 saturated carbocycles. The molecule has 1 N–H and O–H groups in total. The zero-order valence-electron chi connectivity index (χ0n) is 19.7. The minimum absolute atomic E-state index is 0.0616. The molecular formula is C28H29NO6. The second kappa shape index (κ2) is 11.9. The van der Waals surface area contributed by atoms with Crippen molar-refractivity contribution in [2.45, 2.75) is 32.3 Å². The molecule has 1 heterocycles.